The molecule has 68 valence electrons. The smallest absolute Gasteiger partial charge is 0.268 e. The summed E-state index contributed by atoms with van der Waals surface area (Å²) in [5, 5.41) is 0. The third-order valence-corrected chi connectivity index (χ3v) is 2.10. The number of rotatable bonds is 3. The molecule has 3 heteroatoms. The SMILES string of the molecule is C=C(C)C(=O)c1nc(C2CC2)co1. The van der Waals surface area contributed by atoms with E-state index in [2.05, 4.69) is 11.6 Å². The van der Waals surface area contributed by atoms with Gasteiger partial charge in [0.2, 0.25) is 5.78 Å². The zero-order chi connectivity index (χ0) is 9.42. The van der Waals surface area contributed by atoms with Gasteiger partial charge in [0.15, 0.2) is 0 Å². The summed E-state index contributed by atoms with van der Waals surface area (Å²) >= 11 is 0. The van der Waals surface area contributed by atoms with Gasteiger partial charge in [-0.15, -0.1) is 0 Å². The minimum absolute atomic E-state index is 0.175. The molecule has 0 unspecified atom stereocenters. The summed E-state index contributed by atoms with van der Waals surface area (Å²) in [4.78, 5) is 15.5. The maximum Gasteiger partial charge on any atom is 0.268 e. The van der Waals surface area contributed by atoms with Gasteiger partial charge >= 0.3 is 0 Å². The van der Waals surface area contributed by atoms with Crippen LogP contribution >= 0.6 is 0 Å². The van der Waals surface area contributed by atoms with Gasteiger partial charge in [0, 0.05) is 5.92 Å². The van der Waals surface area contributed by atoms with Crippen LogP contribution in [0.25, 0.3) is 0 Å². The van der Waals surface area contributed by atoms with E-state index in [4.69, 9.17) is 4.42 Å². The van der Waals surface area contributed by atoms with E-state index in [0.717, 1.165) is 18.5 Å². The minimum Gasteiger partial charge on any atom is -0.442 e. The van der Waals surface area contributed by atoms with Gasteiger partial charge in [-0.1, -0.05) is 6.58 Å². The molecule has 0 bridgehead atoms. The molecule has 1 heterocycles. The van der Waals surface area contributed by atoms with Crippen LogP contribution in [0.4, 0.5) is 0 Å². The van der Waals surface area contributed by atoms with Crippen molar-refractivity contribution in [3.8, 4) is 0 Å². The van der Waals surface area contributed by atoms with Crippen LogP contribution in [0.15, 0.2) is 22.8 Å². The van der Waals surface area contributed by atoms with E-state index in [0.29, 0.717) is 11.5 Å². The number of ketones is 1. The zero-order valence-electron chi connectivity index (χ0n) is 7.54. The molecule has 0 N–H and O–H groups in total. The molecule has 2 rings (SSSR count). The predicted molar refractivity (Wildman–Crippen MR) is 47.6 cm³/mol. The van der Waals surface area contributed by atoms with E-state index < -0.39 is 0 Å². The Morgan fingerprint density at radius 3 is 2.92 bits per heavy atom. The molecule has 0 atom stereocenters. The van der Waals surface area contributed by atoms with Crippen LogP contribution in [0.1, 0.15) is 42.1 Å². The number of carbonyl (C=O) groups is 1. The average Bonchev–Trinajstić information content (AvgIpc) is 2.83. The monoisotopic (exact) mass is 177 g/mol. The Morgan fingerprint density at radius 2 is 2.38 bits per heavy atom. The van der Waals surface area contributed by atoms with Crippen LogP contribution < -0.4 is 0 Å². The van der Waals surface area contributed by atoms with Gasteiger partial charge in [-0.2, -0.15) is 0 Å². The van der Waals surface area contributed by atoms with Gasteiger partial charge in [0.25, 0.3) is 5.89 Å². The van der Waals surface area contributed by atoms with E-state index in [1.807, 2.05) is 0 Å². The molecule has 0 amide bonds. The molecule has 1 aliphatic carbocycles. The van der Waals surface area contributed by atoms with Gasteiger partial charge in [0.1, 0.15) is 6.26 Å². The first-order valence-corrected chi connectivity index (χ1v) is 4.34. The molecular formula is C10H11NO2. The highest BCUT2D eigenvalue weighted by atomic mass is 16.3. The normalized spacial score (nSPS) is 15.8. The lowest BCUT2D eigenvalue weighted by Gasteiger charge is -1.90. The summed E-state index contributed by atoms with van der Waals surface area (Å²) in [7, 11) is 0. The first-order valence-electron chi connectivity index (χ1n) is 4.34. The van der Waals surface area contributed by atoms with Crippen molar-refractivity contribution in [1.82, 2.24) is 4.98 Å². The number of nitrogens with zero attached hydrogens (tertiary/aromatic N) is 1. The van der Waals surface area contributed by atoms with Crippen molar-refractivity contribution in [2.45, 2.75) is 25.7 Å². The Morgan fingerprint density at radius 1 is 1.69 bits per heavy atom. The topological polar surface area (TPSA) is 43.1 Å². The molecule has 1 aromatic rings. The van der Waals surface area contributed by atoms with Crippen molar-refractivity contribution in [2.24, 2.45) is 0 Å². The highest BCUT2D eigenvalue weighted by molar-refractivity contribution is 6.04. The number of hydrogen-bond acceptors (Lipinski definition) is 3. The molecule has 0 aromatic carbocycles. The zero-order valence-corrected chi connectivity index (χ0v) is 7.54. The summed E-state index contributed by atoms with van der Waals surface area (Å²) in [5.41, 5.74) is 1.37. The number of aromatic nitrogens is 1. The van der Waals surface area contributed by atoms with Gasteiger partial charge in [-0.25, -0.2) is 4.98 Å². The van der Waals surface area contributed by atoms with E-state index in [1.165, 1.54) is 0 Å². The number of oxazole rings is 1. The Bertz CT molecular complexity index is 361. The van der Waals surface area contributed by atoms with Crippen molar-refractivity contribution >= 4 is 5.78 Å². The Labute approximate surface area is 76.5 Å². The van der Waals surface area contributed by atoms with Gasteiger partial charge in [0.05, 0.1) is 5.69 Å². The largest absolute Gasteiger partial charge is 0.442 e. The summed E-state index contributed by atoms with van der Waals surface area (Å²) in [6, 6.07) is 0. The van der Waals surface area contributed by atoms with Crippen LogP contribution in [0, 0.1) is 0 Å². The van der Waals surface area contributed by atoms with Crippen molar-refractivity contribution < 1.29 is 9.21 Å². The predicted octanol–water partition coefficient (Wildman–Crippen LogP) is 2.31. The second-order valence-electron chi connectivity index (χ2n) is 3.46. The molecule has 1 aromatic heterocycles. The minimum atomic E-state index is -0.202. The fourth-order valence-electron chi connectivity index (χ4n) is 1.14. The summed E-state index contributed by atoms with van der Waals surface area (Å²) in [6.07, 6.45) is 3.90. The Hall–Kier alpha value is -1.38. The highest BCUT2D eigenvalue weighted by Crippen LogP contribution is 2.39. The van der Waals surface area contributed by atoms with Crippen LogP contribution in [0.3, 0.4) is 0 Å². The lowest BCUT2D eigenvalue weighted by molar-refractivity contribution is 0.0998. The van der Waals surface area contributed by atoms with Crippen LogP contribution in [-0.4, -0.2) is 10.8 Å². The Kier molecular flexibility index (Phi) is 1.79. The van der Waals surface area contributed by atoms with Crippen molar-refractivity contribution in [3.63, 3.8) is 0 Å². The fourth-order valence-corrected chi connectivity index (χ4v) is 1.14. The fraction of sp³-hybridized carbons (Fsp3) is 0.400. The maximum atomic E-state index is 11.3. The number of hydrogen-bond donors (Lipinski definition) is 0. The average molecular weight is 177 g/mol. The highest BCUT2D eigenvalue weighted by Gasteiger charge is 2.27. The quantitative estimate of drug-likeness (QED) is 0.525. The van der Waals surface area contributed by atoms with E-state index in [9.17, 15) is 4.79 Å². The van der Waals surface area contributed by atoms with Crippen molar-refractivity contribution in [2.75, 3.05) is 0 Å². The third-order valence-electron chi connectivity index (χ3n) is 2.10. The summed E-state index contributed by atoms with van der Waals surface area (Å²) in [6.45, 7) is 5.21. The molecule has 1 saturated carbocycles. The van der Waals surface area contributed by atoms with Crippen LogP contribution in [-0.2, 0) is 0 Å². The summed E-state index contributed by atoms with van der Waals surface area (Å²) in [5.74, 6) is 0.497. The first kappa shape index (κ1) is 8.23. The number of allylic oxidation sites excluding steroid dienone is 1. The maximum absolute atomic E-state index is 11.3. The molecule has 0 radical (unpaired) electrons. The second kappa shape index (κ2) is 2.83. The molecule has 1 fully saturated rings. The van der Waals surface area contributed by atoms with Crippen LogP contribution in [0.2, 0.25) is 0 Å². The van der Waals surface area contributed by atoms with Crippen molar-refractivity contribution in [1.29, 1.82) is 0 Å². The molecule has 0 saturated heterocycles. The van der Waals surface area contributed by atoms with Gasteiger partial charge in [-0.3, -0.25) is 4.79 Å². The van der Waals surface area contributed by atoms with Gasteiger partial charge < -0.3 is 4.42 Å². The number of Topliss-reactive ketones (excluding diaryl/α,β-unsaturated/α-hetero) is 1. The van der Waals surface area contributed by atoms with Crippen LogP contribution in [0.5, 0.6) is 0 Å². The standard InChI is InChI=1S/C10H11NO2/c1-6(2)9(12)10-11-8(5-13-10)7-3-4-7/h5,7H,1,3-4H2,2H3. The molecule has 13 heavy (non-hydrogen) atoms. The lowest BCUT2D eigenvalue weighted by atomic mass is 10.2. The van der Waals surface area contributed by atoms with E-state index in [-0.39, 0.29) is 11.7 Å². The Balaban J connectivity index is 2.21. The molecule has 1 aliphatic rings. The first-order chi connectivity index (χ1) is 6.18. The third kappa shape index (κ3) is 1.54. The molecular weight excluding hydrogens is 166 g/mol. The van der Waals surface area contributed by atoms with E-state index in [1.54, 1.807) is 13.2 Å². The second-order valence-corrected chi connectivity index (χ2v) is 3.46. The van der Waals surface area contributed by atoms with Gasteiger partial charge in [-0.05, 0) is 25.3 Å². The number of carbonyl (C=O) groups excluding carboxylic acids is 1. The lowest BCUT2D eigenvalue weighted by Crippen LogP contribution is -1.99. The van der Waals surface area contributed by atoms with Crippen molar-refractivity contribution in [3.05, 3.63) is 30.0 Å². The van der Waals surface area contributed by atoms with E-state index >= 15 is 0 Å². The summed E-state index contributed by atoms with van der Waals surface area (Å²) < 4.78 is 5.07. The molecule has 3 nitrogen and oxygen atoms in total. The molecule has 0 spiro atoms. The molecule has 0 aliphatic heterocycles.